The molecule has 0 aliphatic heterocycles. The van der Waals surface area contributed by atoms with Gasteiger partial charge >= 0.3 is 0 Å². The summed E-state index contributed by atoms with van der Waals surface area (Å²) in [7, 11) is 0. The van der Waals surface area contributed by atoms with Crippen molar-refractivity contribution in [2.24, 2.45) is 0 Å². The molecule has 2 aromatic carbocycles. The second kappa shape index (κ2) is 7.13. The summed E-state index contributed by atoms with van der Waals surface area (Å²) in [5, 5.41) is 14.5. The summed E-state index contributed by atoms with van der Waals surface area (Å²) in [6, 6.07) is 18.5. The van der Waals surface area contributed by atoms with Gasteiger partial charge in [-0.1, -0.05) is 54.6 Å². The Hall–Kier alpha value is -3.21. The van der Waals surface area contributed by atoms with E-state index >= 15 is 0 Å². The van der Waals surface area contributed by atoms with E-state index in [-0.39, 0.29) is 0 Å². The summed E-state index contributed by atoms with van der Waals surface area (Å²) in [5.41, 5.74) is 2.00. The van der Waals surface area contributed by atoms with Gasteiger partial charge in [-0.25, -0.2) is 4.98 Å². The largest absolute Gasteiger partial charge is 0.368 e. The van der Waals surface area contributed by atoms with Gasteiger partial charge in [0.2, 0.25) is 0 Å². The number of aromatic nitrogens is 4. The monoisotopic (exact) mass is 329 g/mol. The lowest BCUT2D eigenvalue weighted by Gasteiger charge is -2.11. The minimum Gasteiger partial charge on any atom is -0.368 e. The van der Waals surface area contributed by atoms with Crippen LogP contribution < -0.4 is 5.32 Å². The van der Waals surface area contributed by atoms with Gasteiger partial charge in [0, 0.05) is 41.8 Å². The first-order chi connectivity index (χ1) is 12.4. The molecule has 1 N–H and O–H groups in total. The number of rotatable bonds is 6. The first-order valence-electron chi connectivity index (χ1n) is 8.42. The number of fused-ring (bicyclic) bond motifs is 1. The topological polar surface area (TPSA) is 55.6 Å². The van der Waals surface area contributed by atoms with Crippen LogP contribution in [-0.4, -0.2) is 26.3 Å². The summed E-state index contributed by atoms with van der Waals surface area (Å²) in [4.78, 5) is 4.06. The van der Waals surface area contributed by atoms with Gasteiger partial charge in [0.15, 0.2) is 5.82 Å². The predicted molar refractivity (Wildman–Crippen MR) is 100 cm³/mol. The molecule has 0 unspecified atom stereocenters. The molecule has 25 heavy (non-hydrogen) atoms. The molecule has 5 nitrogen and oxygen atoms in total. The summed E-state index contributed by atoms with van der Waals surface area (Å²) in [6.45, 7) is 1.77. The number of nitrogens with zero attached hydrogens (tertiary/aromatic N) is 4. The maximum Gasteiger partial charge on any atom is 0.156 e. The Labute approximate surface area is 146 Å². The average Bonchev–Trinajstić information content (AvgIpc) is 3.19. The molecule has 2 heterocycles. The molecule has 0 amide bonds. The van der Waals surface area contributed by atoms with Crippen LogP contribution in [0.15, 0.2) is 73.3 Å². The zero-order valence-electron chi connectivity index (χ0n) is 13.8. The number of hydrogen-bond acceptors (Lipinski definition) is 4. The minimum absolute atomic E-state index is 0.834. The number of aryl methyl sites for hydroxylation is 1. The van der Waals surface area contributed by atoms with Crippen molar-refractivity contribution in [3.05, 3.63) is 73.3 Å². The highest BCUT2D eigenvalue weighted by atomic mass is 15.2. The number of benzene rings is 2. The van der Waals surface area contributed by atoms with Gasteiger partial charge in [-0.3, -0.25) is 0 Å². The van der Waals surface area contributed by atoms with Gasteiger partial charge in [-0.05, 0) is 6.42 Å². The summed E-state index contributed by atoms with van der Waals surface area (Å²) < 4.78 is 2.07. The lowest BCUT2D eigenvalue weighted by atomic mass is 10.0. The smallest absolute Gasteiger partial charge is 0.156 e. The molecular weight excluding hydrogens is 310 g/mol. The summed E-state index contributed by atoms with van der Waals surface area (Å²) in [5.74, 6) is 0.834. The van der Waals surface area contributed by atoms with E-state index in [9.17, 15) is 0 Å². The fourth-order valence-electron chi connectivity index (χ4n) is 2.93. The van der Waals surface area contributed by atoms with Crippen LogP contribution in [0.5, 0.6) is 0 Å². The fraction of sp³-hybridized carbons (Fsp3) is 0.150. The van der Waals surface area contributed by atoms with Crippen molar-refractivity contribution in [3.63, 3.8) is 0 Å². The molecule has 0 saturated heterocycles. The zero-order valence-corrected chi connectivity index (χ0v) is 13.8. The fourth-order valence-corrected chi connectivity index (χ4v) is 2.93. The van der Waals surface area contributed by atoms with Crippen LogP contribution in [0, 0.1) is 0 Å². The highest BCUT2D eigenvalue weighted by molar-refractivity contribution is 5.99. The highest BCUT2D eigenvalue weighted by Gasteiger charge is 2.10. The molecule has 0 saturated carbocycles. The number of imidazole rings is 1. The van der Waals surface area contributed by atoms with Crippen molar-refractivity contribution in [3.8, 4) is 11.3 Å². The first kappa shape index (κ1) is 15.3. The Morgan fingerprint density at radius 2 is 1.68 bits per heavy atom. The Balaban J connectivity index is 1.56. The molecule has 0 atom stereocenters. The third-order valence-corrected chi connectivity index (χ3v) is 4.18. The Morgan fingerprint density at radius 1 is 0.880 bits per heavy atom. The van der Waals surface area contributed by atoms with Gasteiger partial charge < -0.3 is 9.88 Å². The standard InChI is InChI=1S/C20H19N5/c1-2-7-16(8-3-1)19-17-9-4-5-10-18(17)20(24-23-19)22-11-6-13-25-14-12-21-15-25/h1-5,7-10,12,14-15H,6,11,13H2,(H,22,24). The molecule has 0 spiro atoms. The summed E-state index contributed by atoms with van der Waals surface area (Å²) in [6.07, 6.45) is 6.61. The number of anilines is 1. The van der Waals surface area contributed by atoms with Crippen molar-refractivity contribution in [2.75, 3.05) is 11.9 Å². The molecule has 2 aromatic heterocycles. The van der Waals surface area contributed by atoms with Crippen molar-refractivity contribution in [1.82, 2.24) is 19.7 Å². The maximum atomic E-state index is 4.48. The molecule has 0 fully saturated rings. The van der Waals surface area contributed by atoms with Crippen LogP contribution in [0.2, 0.25) is 0 Å². The second-order valence-corrected chi connectivity index (χ2v) is 5.89. The van der Waals surface area contributed by atoms with Gasteiger partial charge in [-0.2, -0.15) is 0 Å². The molecule has 124 valence electrons. The molecule has 4 aromatic rings. The molecule has 0 bridgehead atoms. The van der Waals surface area contributed by atoms with Crippen LogP contribution >= 0.6 is 0 Å². The normalized spacial score (nSPS) is 10.9. The number of nitrogens with one attached hydrogen (secondary N) is 1. The summed E-state index contributed by atoms with van der Waals surface area (Å²) >= 11 is 0. The second-order valence-electron chi connectivity index (χ2n) is 5.89. The minimum atomic E-state index is 0.834. The maximum absolute atomic E-state index is 4.48. The van der Waals surface area contributed by atoms with E-state index in [1.165, 1.54) is 0 Å². The quantitative estimate of drug-likeness (QED) is 0.543. The van der Waals surface area contributed by atoms with Gasteiger partial charge in [0.25, 0.3) is 0 Å². The van der Waals surface area contributed by atoms with Crippen LogP contribution in [0.4, 0.5) is 5.82 Å². The van der Waals surface area contributed by atoms with Crippen LogP contribution in [0.3, 0.4) is 0 Å². The van der Waals surface area contributed by atoms with E-state index in [2.05, 4.69) is 49.3 Å². The van der Waals surface area contributed by atoms with Crippen LogP contribution in [0.25, 0.3) is 22.0 Å². The van der Waals surface area contributed by atoms with Crippen molar-refractivity contribution >= 4 is 16.6 Å². The Morgan fingerprint density at radius 3 is 2.48 bits per heavy atom. The van der Waals surface area contributed by atoms with E-state index in [1.807, 2.05) is 42.9 Å². The molecular formula is C20H19N5. The predicted octanol–water partition coefficient (Wildman–Crippen LogP) is 4.00. The highest BCUT2D eigenvalue weighted by Crippen LogP contribution is 2.29. The van der Waals surface area contributed by atoms with E-state index in [0.29, 0.717) is 0 Å². The molecule has 0 radical (unpaired) electrons. The van der Waals surface area contributed by atoms with Gasteiger partial charge in [-0.15, -0.1) is 10.2 Å². The number of hydrogen-bond donors (Lipinski definition) is 1. The molecule has 0 aliphatic rings. The Bertz CT molecular complexity index is 948. The average molecular weight is 329 g/mol. The third-order valence-electron chi connectivity index (χ3n) is 4.18. The lowest BCUT2D eigenvalue weighted by Crippen LogP contribution is -2.08. The first-order valence-corrected chi connectivity index (χ1v) is 8.42. The van der Waals surface area contributed by atoms with E-state index in [4.69, 9.17) is 0 Å². The third kappa shape index (κ3) is 3.35. The van der Waals surface area contributed by atoms with Crippen LogP contribution in [-0.2, 0) is 6.54 Å². The van der Waals surface area contributed by atoms with E-state index < -0.39 is 0 Å². The van der Waals surface area contributed by atoms with E-state index in [1.54, 1.807) is 6.20 Å². The molecule has 4 rings (SSSR count). The lowest BCUT2D eigenvalue weighted by molar-refractivity contribution is 0.660. The van der Waals surface area contributed by atoms with Crippen molar-refractivity contribution in [1.29, 1.82) is 0 Å². The van der Waals surface area contributed by atoms with Crippen molar-refractivity contribution < 1.29 is 0 Å². The molecule has 5 heteroatoms. The van der Waals surface area contributed by atoms with E-state index in [0.717, 1.165) is 47.4 Å². The van der Waals surface area contributed by atoms with Crippen molar-refractivity contribution in [2.45, 2.75) is 13.0 Å². The van der Waals surface area contributed by atoms with Gasteiger partial charge in [0.05, 0.1) is 6.33 Å². The van der Waals surface area contributed by atoms with Gasteiger partial charge in [0.1, 0.15) is 5.69 Å². The molecule has 0 aliphatic carbocycles. The zero-order chi connectivity index (χ0) is 16.9. The SMILES string of the molecule is c1ccc(-c2nnc(NCCCn3ccnc3)c3ccccc23)cc1. The van der Waals surface area contributed by atoms with Crippen LogP contribution in [0.1, 0.15) is 6.42 Å². The Kier molecular flexibility index (Phi) is 4.37.